The average Bonchev–Trinajstić information content (AvgIpc) is 3.46. The molecule has 0 N–H and O–H groups in total. The molecule has 0 fully saturated rings. The molecule has 0 aliphatic carbocycles. The lowest BCUT2D eigenvalue weighted by atomic mass is 10.0. The summed E-state index contributed by atoms with van der Waals surface area (Å²) in [6, 6.07) is 30.7. The highest BCUT2D eigenvalue weighted by Crippen LogP contribution is 2.40. The molecule has 0 radical (unpaired) electrons. The molecule has 3 heterocycles. The van der Waals surface area contributed by atoms with Gasteiger partial charge in [0.05, 0.1) is 27.2 Å². The van der Waals surface area contributed by atoms with Gasteiger partial charge in [0.2, 0.25) is 5.43 Å². The molecule has 0 saturated carbocycles. The van der Waals surface area contributed by atoms with Gasteiger partial charge in [-0.3, -0.25) is 4.79 Å². The molecule has 5 aromatic carbocycles. The summed E-state index contributed by atoms with van der Waals surface area (Å²) in [6.07, 6.45) is 0. The van der Waals surface area contributed by atoms with Crippen LogP contribution in [0.2, 0.25) is 0 Å². The highest BCUT2D eigenvalue weighted by molar-refractivity contribution is 6.23. The van der Waals surface area contributed by atoms with Gasteiger partial charge in [0.15, 0.2) is 0 Å². The smallest absolute Gasteiger partial charge is 0.200 e. The first-order valence-corrected chi connectivity index (χ1v) is 12.4. The summed E-state index contributed by atoms with van der Waals surface area (Å²) in [5, 5.41) is 5.66. The molecule has 0 amide bonds. The van der Waals surface area contributed by atoms with Crippen LogP contribution in [0.1, 0.15) is 11.1 Å². The van der Waals surface area contributed by atoms with Gasteiger partial charge in [0, 0.05) is 27.9 Å². The van der Waals surface area contributed by atoms with Crippen molar-refractivity contribution in [3.05, 3.63) is 112 Å². The normalized spacial score (nSPS) is 12.2. The lowest BCUT2D eigenvalue weighted by Crippen LogP contribution is -2.05. The van der Waals surface area contributed by atoms with Gasteiger partial charge in [-0.15, -0.1) is 0 Å². The number of furan rings is 1. The Morgan fingerprint density at radius 2 is 1.30 bits per heavy atom. The molecule has 37 heavy (non-hydrogen) atoms. The van der Waals surface area contributed by atoms with E-state index in [-0.39, 0.29) is 5.43 Å². The Morgan fingerprint density at radius 1 is 0.568 bits per heavy atom. The van der Waals surface area contributed by atoms with Crippen LogP contribution in [-0.4, -0.2) is 4.57 Å². The van der Waals surface area contributed by atoms with Crippen molar-refractivity contribution in [3.8, 4) is 5.69 Å². The van der Waals surface area contributed by atoms with E-state index in [0.717, 1.165) is 60.6 Å². The zero-order valence-electron chi connectivity index (χ0n) is 20.3. The van der Waals surface area contributed by atoms with Crippen molar-refractivity contribution in [1.29, 1.82) is 0 Å². The van der Waals surface area contributed by atoms with Crippen LogP contribution < -0.4 is 5.43 Å². The fourth-order valence-corrected chi connectivity index (χ4v) is 5.88. The summed E-state index contributed by atoms with van der Waals surface area (Å²) in [5.41, 5.74) is 7.94. The maximum Gasteiger partial charge on any atom is 0.200 e. The molecule has 8 aromatic rings. The van der Waals surface area contributed by atoms with Gasteiger partial charge >= 0.3 is 0 Å². The van der Waals surface area contributed by atoms with Crippen molar-refractivity contribution >= 4 is 65.7 Å². The van der Waals surface area contributed by atoms with Crippen molar-refractivity contribution in [2.75, 3.05) is 0 Å². The van der Waals surface area contributed by atoms with Gasteiger partial charge in [-0.1, -0.05) is 48.5 Å². The quantitative estimate of drug-likeness (QED) is 0.222. The third kappa shape index (κ3) is 2.64. The molecule has 4 nitrogen and oxygen atoms in total. The molecule has 0 saturated heterocycles. The second kappa shape index (κ2) is 7.11. The molecular formula is C33H21NO3. The number of hydrogen-bond donors (Lipinski definition) is 0. The molecule has 8 rings (SSSR count). The fourth-order valence-electron chi connectivity index (χ4n) is 5.88. The van der Waals surface area contributed by atoms with Crippen LogP contribution >= 0.6 is 0 Å². The van der Waals surface area contributed by atoms with Gasteiger partial charge in [-0.05, 0) is 61.4 Å². The molecular weight excluding hydrogens is 458 g/mol. The molecule has 0 spiro atoms. The van der Waals surface area contributed by atoms with E-state index in [2.05, 4.69) is 41.0 Å². The molecule has 3 aromatic heterocycles. The Balaban J connectivity index is 1.50. The first-order chi connectivity index (χ1) is 18.1. The van der Waals surface area contributed by atoms with Crippen molar-refractivity contribution < 1.29 is 8.83 Å². The number of fused-ring (bicyclic) bond motifs is 9. The van der Waals surface area contributed by atoms with Gasteiger partial charge < -0.3 is 13.4 Å². The van der Waals surface area contributed by atoms with Crippen LogP contribution in [0, 0.1) is 13.8 Å². The van der Waals surface area contributed by atoms with Gasteiger partial charge in [0.25, 0.3) is 0 Å². The molecule has 176 valence electrons. The zero-order valence-corrected chi connectivity index (χ0v) is 20.3. The minimum atomic E-state index is 0.00945. The summed E-state index contributed by atoms with van der Waals surface area (Å²) in [7, 11) is 0. The maximum atomic E-state index is 13.4. The van der Waals surface area contributed by atoms with E-state index < -0.39 is 0 Å². The number of hydrogen-bond acceptors (Lipinski definition) is 3. The third-order valence-electron chi connectivity index (χ3n) is 7.65. The number of aryl methyl sites for hydroxylation is 2. The number of para-hydroxylation sites is 2. The average molecular weight is 480 g/mol. The van der Waals surface area contributed by atoms with Gasteiger partial charge in [0.1, 0.15) is 22.3 Å². The Labute approximate surface area is 210 Å². The van der Waals surface area contributed by atoms with Crippen molar-refractivity contribution in [2.24, 2.45) is 0 Å². The third-order valence-corrected chi connectivity index (χ3v) is 7.65. The summed E-state index contributed by atoms with van der Waals surface area (Å²) in [6.45, 7) is 3.93. The first-order valence-electron chi connectivity index (χ1n) is 12.4. The largest absolute Gasteiger partial charge is 0.455 e. The van der Waals surface area contributed by atoms with Crippen molar-refractivity contribution in [2.45, 2.75) is 13.8 Å². The van der Waals surface area contributed by atoms with E-state index >= 15 is 0 Å². The highest BCUT2D eigenvalue weighted by Gasteiger charge is 2.19. The number of nitrogens with zero attached hydrogens (tertiary/aromatic N) is 1. The van der Waals surface area contributed by atoms with E-state index in [1.807, 2.05) is 68.4 Å². The van der Waals surface area contributed by atoms with E-state index in [0.29, 0.717) is 21.9 Å². The molecule has 0 aliphatic rings. The summed E-state index contributed by atoms with van der Waals surface area (Å²) in [5.74, 6) is 0. The summed E-state index contributed by atoms with van der Waals surface area (Å²) < 4.78 is 15.0. The van der Waals surface area contributed by atoms with Gasteiger partial charge in [-0.25, -0.2) is 0 Å². The number of aromatic nitrogens is 1. The summed E-state index contributed by atoms with van der Waals surface area (Å²) in [4.78, 5) is 13.4. The Morgan fingerprint density at radius 3 is 2.19 bits per heavy atom. The minimum Gasteiger partial charge on any atom is -0.455 e. The predicted octanol–water partition coefficient (Wildman–Crippen LogP) is 8.56. The monoisotopic (exact) mass is 479 g/mol. The van der Waals surface area contributed by atoms with Crippen LogP contribution in [0.4, 0.5) is 0 Å². The Kier molecular flexibility index (Phi) is 3.91. The molecule has 0 aliphatic heterocycles. The zero-order chi connectivity index (χ0) is 24.8. The van der Waals surface area contributed by atoms with E-state index in [4.69, 9.17) is 8.83 Å². The Hall–Kier alpha value is -4.83. The van der Waals surface area contributed by atoms with Crippen LogP contribution in [0.25, 0.3) is 71.4 Å². The standard InChI is InChI=1S/C33H21NO3/c1-18-11-12-19(2)32-29(18)31(35)24-14-13-20(17-28(24)37-32)34-25-9-5-3-8-23(25)30-26(34)16-15-22-21-7-4-6-10-27(21)36-33(22)30/h3-17H,1-2H3. The molecule has 0 bridgehead atoms. The van der Waals surface area contributed by atoms with Crippen LogP contribution in [0.15, 0.2) is 105 Å². The van der Waals surface area contributed by atoms with Crippen molar-refractivity contribution in [3.63, 3.8) is 0 Å². The first kappa shape index (κ1) is 20.4. The topological polar surface area (TPSA) is 48.3 Å². The van der Waals surface area contributed by atoms with Crippen LogP contribution in [-0.2, 0) is 0 Å². The lowest BCUT2D eigenvalue weighted by Gasteiger charge is -2.10. The fraction of sp³-hybridized carbons (Fsp3) is 0.0606. The number of rotatable bonds is 1. The number of benzene rings is 5. The van der Waals surface area contributed by atoms with E-state index in [1.54, 1.807) is 0 Å². The van der Waals surface area contributed by atoms with E-state index in [1.165, 1.54) is 0 Å². The van der Waals surface area contributed by atoms with Crippen LogP contribution in [0.5, 0.6) is 0 Å². The van der Waals surface area contributed by atoms with Crippen molar-refractivity contribution in [1.82, 2.24) is 4.57 Å². The minimum absolute atomic E-state index is 0.00945. The summed E-state index contributed by atoms with van der Waals surface area (Å²) >= 11 is 0. The SMILES string of the molecule is Cc1ccc(C)c2c(=O)c3ccc(-n4c5ccccc5c5c6oc7ccccc7c6ccc54)cc3oc12. The lowest BCUT2D eigenvalue weighted by molar-refractivity contribution is 0.656. The second-order valence-corrected chi connectivity index (χ2v) is 9.80. The maximum absolute atomic E-state index is 13.4. The molecule has 0 atom stereocenters. The Bertz CT molecular complexity index is 2300. The second-order valence-electron chi connectivity index (χ2n) is 9.80. The predicted molar refractivity (Wildman–Crippen MR) is 151 cm³/mol. The van der Waals surface area contributed by atoms with E-state index in [9.17, 15) is 4.79 Å². The molecule has 0 unspecified atom stereocenters. The highest BCUT2D eigenvalue weighted by atomic mass is 16.3. The van der Waals surface area contributed by atoms with Gasteiger partial charge in [-0.2, -0.15) is 0 Å². The molecule has 4 heteroatoms. The van der Waals surface area contributed by atoms with Crippen LogP contribution in [0.3, 0.4) is 0 Å².